The van der Waals surface area contributed by atoms with Crippen LogP contribution in [0.25, 0.3) is 0 Å². The Morgan fingerprint density at radius 1 is 1.17 bits per heavy atom. The minimum Gasteiger partial charge on any atom is -0.484 e. The van der Waals surface area contributed by atoms with Crippen LogP contribution < -0.4 is 10.1 Å². The van der Waals surface area contributed by atoms with Gasteiger partial charge >= 0.3 is 0 Å². The van der Waals surface area contributed by atoms with Crippen LogP contribution in [-0.4, -0.2) is 35.4 Å². The van der Waals surface area contributed by atoms with Gasteiger partial charge in [-0.15, -0.1) is 0 Å². The minimum absolute atomic E-state index is 0.0343. The Balaban J connectivity index is 2.14. The van der Waals surface area contributed by atoms with Gasteiger partial charge in [-0.05, 0) is 62.2 Å². The summed E-state index contributed by atoms with van der Waals surface area (Å²) in [4.78, 5) is 27.1. The third-order valence-corrected chi connectivity index (χ3v) is 5.35. The number of hydrogen-bond donors (Lipinski definition) is 1. The summed E-state index contributed by atoms with van der Waals surface area (Å²) in [7, 11) is 0. The lowest BCUT2D eigenvalue weighted by atomic mass is 10.1. The van der Waals surface area contributed by atoms with Gasteiger partial charge in [0.15, 0.2) is 6.61 Å². The Bertz CT molecular complexity index is 829. The molecule has 29 heavy (non-hydrogen) atoms. The Morgan fingerprint density at radius 2 is 1.86 bits per heavy atom. The molecule has 0 saturated carbocycles. The normalized spacial score (nSPS) is 12.7. The van der Waals surface area contributed by atoms with Crippen LogP contribution in [0, 0.1) is 0 Å². The molecular weight excluding hydrogens is 456 g/mol. The summed E-state index contributed by atoms with van der Waals surface area (Å²) in [5.41, 5.74) is 0.845. The van der Waals surface area contributed by atoms with E-state index in [1.165, 1.54) is 4.90 Å². The molecule has 0 aliphatic rings. The fraction of sp³-hybridized carbons (Fsp3) is 0.364. The average Bonchev–Trinajstić information content (AvgIpc) is 2.70. The zero-order chi connectivity index (χ0) is 21.4. The maximum absolute atomic E-state index is 13.0. The van der Waals surface area contributed by atoms with Gasteiger partial charge in [0.1, 0.15) is 11.8 Å². The molecule has 0 heterocycles. The third-order valence-electron chi connectivity index (χ3n) is 4.59. The number of carbonyl (C=O) groups is 2. The molecule has 2 rings (SSSR count). The molecular formula is C22H26BrClN2O3. The number of ether oxygens (including phenoxy) is 1. The molecule has 2 amide bonds. The van der Waals surface area contributed by atoms with E-state index in [0.29, 0.717) is 10.8 Å². The monoisotopic (exact) mass is 480 g/mol. The highest BCUT2D eigenvalue weighted by Gasteiger charge is 2.27. The van der Waals surface area contributed by atoms with Gasteiger partial charge in [0, 0.05) is 22.1 Å². The van der Waals surface area contributed by atoms with Crippen LogP contribution in [0.1, 0.15) is 32.8 Å². The minimum atomic E-state index is -0.649. The number of rotatable bonds is 9. The Hall–Kier alpha value is -2.05. The molecule has 2 aromatic rings. The van der Waals surface area contributed by atoms with E-state index in [4.69, 9.17) is 16.3 Å². The maximum Gasteiger partial charge on any atom is 0.261 e. The molecule has 0 aromatic heterocycles. The summed E-state index contributed by atoms with van der Waals surface area (Å²) in [6.07, 6.45) is 0.813. The molecule has 0 bridgehead atoms. The molecule has 5 nitrogen and oxygen atoms in total. The van der Waals surface area contributed by atoms with Crippen LogP contribution in [0.2, 0.25) is 5.02 Å². The predicted octanol–water partition coefficient (Wildman–Crippen LogP) is 4.81. The van der Waals surface area contributed by atoms with Crippen LogP contribution in [-0.2, 0) is 16.1 Å². The molecule has 0 spiro atoms. The summed E-state index contributed by atoms with van der Waals surface area (Å²) in [6.45, 7) is 5.75. The largest absolute Gasteiger partial charge is 0.484 e. The van der Waals surface area contributed by atoms with Crippen molar-refractivity contribution in [2.45, 2.75) is 45.8 Å². The van der Waals surface area contributed by atoms with Crippen LogP contribution >= 0.6 is 27.5 Å². The lowest BCUT2D eigenvalue weighted by Crippen LogP contribution is -2.50. The predicted molar refractivity (Wildman–Crippen MR) is 119 cm³/mol. The standard InChI is InChI=1S/C22H26BrClN2O3/c1-4-15(2)25-22(28)16(3)26(13-17-6-5-7-19(24)12-17)21(27)14-29-20-10-8-18(23)9-11-20/h5-12,15-16H,4,13-14H2,1-3H3,(H,25,28)/t15-,16+/m1/s1. The molecule has 156 valence electrons. The first-order chi connectivity index (χ1) is 13.8. The first-order valence-electron chi connectivity index (χ1n) is 9.52. The van der Waals surface area contributed by atoms with Gasteiger partial charge in [0.25, 0.3) is 5.91 Å². The van der Waals surface area contributed by atoms with Crippen molar-refractivity contribution in [3.05, 3.63) is 63.6 Å². The fourth-order valence-corrected chi connectivity index (χ4v) is 3.12. The average molecular weight is 482 g/mol. The zero-order valence-electron chi connectivity index (χ0n) is 16.8. The molecule has 0 unspecified atom stereocenters. The number of amides is 2. The molecule has 7 heteroatoms. The van der Waals surface area contributed by atoms with E-state index in [2.05, 4.69) is 21.2 Å². The van der Waals surface area contributed by atoms with E-state index >= 15 is 0 Å². The van der Waals surface area contributed by atoms with Crippen molar-refractivity contribution in [2.24, 2.45) is 0 Å². The molecule has 0 fully saturated rings. The highest BCUT2D eigenvalue weighted by Crippen LogP contribution is 2.18. The number of halogens is 2. The van der Waals surface area contributed by atoms with E-state index in [1.807, 2.05) is 38.1 Å². The van der Waals surface area contributed by atoms with Crippen molar-refractivity contribution >= 4 is 39.3 Å². The van der Waals surface area contributed by atoms with E-state index in [1.54, 1.807) is 31.2 Å². The Kier molecular flexibility index (Phi) is 8.99. The molecule has 0 aliphatic heterocycles. The fourth-order valence-electron chi connectivity index (χ4n) is 2.64. The van der Waals surface area contributed by atoms with Gasteiger partial charge in [-0.25, -0.2) is 0 Å². The van der Waals surface area contributed by atoms with Gasteiger partial charge in [-0.3, -0.25) is 9.59 Å². The van der Waals surface area contributed by atoms with Crippen LogP contribution in [0.5, 0.6) is 5.75 Å². The summed E-state index contributed by atoms with van der Waals surface area (Å²) in [6, 6.07) is 13.9. The third kappa shape index (κ3) is 7.37. The lowest BCUT2D eigenvalue weighted by molar-refractivity contribution is -0.142. The maximum atomic E-state index is 13.0. The second-order valence-corrected chi connectivity index (χ2v) is 8.24. The van der Waals surface area contributed by atoms with Gasteiger partial charge in [0.05, 0.1) is 0 Å². The molecule has 2 aromatic carbocycles. The SMILES string of the molecule is CC[C@@H](C)NC(=O)[C@H](C)N(Cc1cccc(Cl)c1)C(=O)COc1ccc(Br)cc1. The molecule has 2 atom stereocenters. The summed E-state index contributed by atoms with van der Waals surface area (Å²) < 4.78 is 6.55. The van der Waals surface area contributed by atoms with E-state index in [9.17, 15) is 9.59 Å². The van der Waals surface area contributed by atoms with Crippen molar-refractivity contribution < 1.29 is 14.3 Å². The zero-order valence-corrected chi connectivity index (χ0v) is 19.2. The molecule has 0 aliphatic carbocycles. The molecule has 1 N–H and O–H groups in total. The van der Waals surface area contributed by atoms with Crippen molar-refractivity contribution in [2.75, 3.05) is 6.61 Å². The number of benzene rings is 2. The Morgan fingerprint density at radius 3 is 2.48 bits per heavy atom. The van der Waals surface area contributed by atoms with Crippen LogP contribution in [0.3, 0.4) is 0 Å². The van der Waals surface area contributed by atoms with Gasteiger partial charge < -0.3 is 15.0 Å². The number of nitrogens with one attached hydrogen (secondary N) is 1. The van der Waals surface area contributed by atoms with Crippen LogP contribution in [0.15, 0.2) is 53.0 Å². The second-order valence-electron chi connectivity index (χ2n) is 6.89. The first kappa shape index (κ1) is 23.2. The van der Waals surface area contributed by atoms with E-state index < -0.39 is 6.04 Å². The Labute approximate surface area is 185 Å². The van der Waals surface area contributed by atoms with Gasteiger partial charge in [-0.1, -0.05) is 46.6 Å². The van der Waals surface area contributed by atoms with Crippen molar-refractivity contribution in [1.82, 2.24) is 10.2 Å². The molecule has 0 radical (unpaired) electrons. The summed E-state index contributed by atoms with van der Waals surface area (Å²) >= 11 is 9.45. The summed E-state index contributed by atoms with van der Waals surface area (Å²) in [5.74, 6) is 0.110. The van der Waals surface area contributed by atoms with E-state index in [-0.39, 0.29) is 31.0 Å². The van der Waals surface area contributed by atoms with Crippen molar-refractivity contribution in [3.8, 4) is 5.75 Å². The van der Waals surface area contributed by atoms with Crippen molar-refractivity contribution in [3.63, 3.8) is 0 Å². The quantitative estimate of drug-likeness (QED) is 0.559. The second kappa shape index (κ2) is 11.2. The summed E-state index contributed by atoms with van der Waals surface area (Å²) in [5, 5.41) is 3.52. The highest BCUT2D eigenvalue weighted by molar-refractivity contribution is 9.10. The highest BCUT2D eigenvalue weighted by atomic mass is 79.9. The smallest absolute Gasteiger partial charge is 0.261 e. The van der Waals surface area contributed by atoms with Crippen LogP contribution in [0.4, 0.5) is 0 Å². The van der Waals surface area contributed by atoms with E-state index in [0.717, 1.165) is 16.5 Å². The first-order valence-corrected chi connectivity index (χ1v) is 10.7. The lowest BCUT2D eigenvalue weighted by Gasteiger charge is -2.29. The van der Waals surface area contributed by atoms with Gasteiger partial charge in [0.2, 0.25) is 5.91 Å². The number of hydrogen-bond acceptors (Lipinski definition) is 3. The van der Waals surface area contributed by atoms with Crippen molar-refractivity contribution in [1.29, 1.82) is 0 Å². The number of carbonyl (C=O) groups excluding carboxylic acids is 2. The molecule has 0 saturated heterocycles. The van der Waals surface area contributed by atoms with Gasteiger partial charge in [-0.2, -0.15) is 0 Å². The topological polar surface area (TPSA) is 58.6 Å². The number of nitrogens with zero attached hydrogens (tertiary/aromatic N) is 1.